The van der Waals surface area contributed by atoms with Gasteiger partial charge in [-0.25, -0.2) is 4.39 Å². The maximum absolute atomic E-state index is 13.1. The van der Waals surface area contributed by atoms with Crippen molar-refractivity contribution in [3.05, 3.63) is 71.7 Å². The lowest BCUT2D eigenvalue weighted by Crippen LogP contribution is -2.14. The topological polar surface area (TPSA) is 56.9 Å². The van der Waals surface area contributed by atoms with E-state index < -0.39 is 11.7 Å². The van der Waals surface area contributed by atoms with E-state index >= 15 is 0 Å². The molecule has 0 fully saturated rings. The van der Waals surface area contributed by atoms with Crippen molar-refractivity contribution in [1.82, 2.24) is 5.16 Å². The summed E-state index contributed by atoms with van der Waals surface area (Å²) in [5.41, 5.74) is 0.451. The van der Waals surface area contributed by atoms with Gasteiger partial charge in [0.2, 0.25) is 0 Å². The largest absolute Gasteiger partial charge is 0.487 e. The van der Waals surface area contributed by atoms with E-state index in [1.165, 1.54) is 24.3 Å². The molecule has 0 atom stereocenters. The van der Waals surface area contributed by atoms with Crippen LogP contribution >= 0.6 is 0 Å². The van der Waals surface area contributed by atoms with Crippen LogP contribution < -0.4 is 4.74 Å². The average molecular weight is 422 g/mol. The number of hydrogen-bond donors (Lipinski definition) is 0. The molecule has 0 radical (unpaired) electrons. The van der Waals surface area contributed by atoms with Gasteiger partial charge in [0, 0.05) is 11.6 Å². The first-order chi connectivity index (χ1) is 14.4. The van der Waals surface area contributed by atoms with Gasteiger partial charge >= 0.3 is 6.18 Å². The Morgan fingerprint density at radius 2 is 1.87 bits per heavy atom. The van der Waals surface area contributed by atoms with E-state index in [9.17, 15) is 17.6 Å². The van der Waals surface area contributed by atoms with E-state index in [-0.39, 0.29) is 29.6 Å². The van der Waals surface area contributed by atoms with Gasteiger partial charge in [-0.15, -0.1) is 0 Å². The number of halogens is 4. The lowest BCUT2D eigenvalue weighted by atomic mass is 10.1. The van der Waals surface area contributed by atoms with E-state index in [2.05, 4.69) is 10.3 Å². The summed E-state index contributed by atoms with van der Waals surface area (Å²) in [6, 6.07) is 11.7. The molecule has 1 heterocycles. The van der Waals surface area contributed by atoms with Gasteiger partial charge in [-0.3, -0.25) is 0 Å². The molecule has 0 saturated carbocycles. The molecule has 158 valence electrons. The van der Waals surface area contributed by atoms with Gasteiger partial charge in [-0.05, 0) is 48.9 Å². The van der Waals surface area contributed by atoms with Crippen molar-refractivity contribution >= 4 is 5.71 Å². The molecule has 0 aliphatic carbocycles. The Hall–Kier alpha value is -3.36. The molecule has 0 amide bonds. The van der Waals surface area contributed by atoms with Gasteiger partial charge in [0.1, 0.15) is 30.5 Å². The zero-order chi connectivity index (χ0) is 21.6. The van der Waals surface area contributed by atoms with Gasteiger partial charge in [-0.2, -0.15) is 13.2 Å². The van der Waals surface area contributed by atoms with Crippen molar-refractivity contribution in [2.45, 2.75) is 19.5 Å². The molecule has 9 heteroatoms. The third-order valence-corrected chi connectivity index (χ3v) is 3.94. The van der Waals surface area contributed by atoms with Crippen LogP contribution in [0.25, 0.3) is 11.3 Å². The van der Waals surface area contributed by atoms with Crippen molar-refractivity contribution in [1.29, 1.82) is 0 Å². The third-order valence-electron chi connectivity index (χ3n) is 3.94. The van der Waals surface area contributed by atoms with Crippen LogP contribution in [-0.4, -0.2) is 24.1 Å². The summed E-state index contributed by atoms with van der Waals surface area (Å²) in [4.78, 5) is 5.19. The number of benzene rings is 2. The number of ether oxygens (including phenoxy) is 1. The van der Waals surface area contributed by atoms with Crippen LogP contribution in [0.1, 0.15) is 24.7 Å². The molecule has 0 aliphatic rings. The predicted octanol–water partition coefficient (Wildman–Crippen LogP) is 5.71. The van der Waals surface area contributed by atoms with Gasteiger partial charge < -0.3 is 14.1 Å². The Balaban J connectivity index is 1.79. The Morgan fingerprint density at radius 1 is 1.10 bits per heavy atom. The number of rotatable bonds is 8. The van der Waals surface area contributed by atoms with E-state index in [4.69, 9.17) is 14.1 Å². The molecular formula is C21H18F4N2O3. The van der Waals surface area contributed by atoms with E-state index in [0.29, 0.717) is 24.3 Å². The number of nitrogens with zero attached hydrogens (tertiary/aromatic N) is 2. The van der Waals surface area contributed by atoms with Crippen molar-refractivity contribution in [2.24, 2.45) is 5.16 Å². The van der Waals surface area contributed by atoms with Gasteiger partial charge in [-0.1, -0.05) is 23.3 Å². The summed E-state index contributed by atoms with van der Waals surface area (Å²) in [5.74, 6) is -0.143. The lowest BCUT2D eigenvalue weighted by Gasteiger charge is -2.10. The first-order valence-electron chi connectivity index (χ1n) is 9.08. The summed E-state index contributed by atoms with van der Waals surface area (Å²) in [6.45, 7) is 2.03. The molecule has 3 rings (SSSR count). The van der Waals surface area contributed by atoms with Crippen LogP contribution in [0.3, 0.4) is 0 Å². The molecule has 0 bridgehead atoms. The first kappa shape index (κ1) is 21.4. The maximum Gasteiger partial charge on any atom is 0.416 e. The zero-order valence-corrected chi connectivity index (χ0v) is 15.9. The van der Waals surface area contributed by atoms with Crippen molar-refractivity contribution < 1.29 is 31.7 Å². The van der Waals surface area contributed by atoms with Crippen molar-refractivity contribution in [3.63, 3.8) is 0 Å². The van der Waals surface area contributed by atoms with Crippen molar-refractivity contribution in [3.8, 4) is 17.0 Å². The summed E-state index contributed by atoms with van der Waals surface area (Å²) in [7, 11) is 0. The molecule has 0 saturated heterocycles. The number of alkyl halides is 3. The molecule has 0 N–H and O–H groups in total. The Bertz CT molecular complexity index is 998. The third kappa shape index (κ3) is 5.59. The summed E-state index contributed by atoms with van der Waals surface area (Å²) >= 11 is 0. The summed E-state index contributed by atoms with van der Waals surface area (Å²) in [5, 5.41) is 7.90. The molecule has 1 aromatic heterocycles. The maximum atomic E-state index is 13.1. The number of oxime groups is 1. The highest BCUT2D eigenvalue weighted by Crippen LogP contribution is 2.31. The minimum atomic E-state index is -4.48. The van der Waals surface area contributed by atoms with Crippen LogP contribution in [0.5, 0.6) is 5.75 Å². The van der Waals surface area contributed by atoms with Gasteiger partial charge in [0.05, 0.1) is 5.56 Å². The molecule has 0 unspecified atom stereocenters. The van der Waals surface area contributed by atoms with Crippen LogP contribution in [0, 0.1) is 5.82 Å². The minimum Gasteiger partial charge on any atom is -0.487 e. The second kappa shape index (κ2) is 9.43. The van der Waals surface area contributed by atoms with E-state index in [0.717, 1.165) is 12.1 Å². The second-order valence-electron chi connectivity index (χ2n) is 6.27. The molecule has 0 aliphatic heterocycles. The lowest BCUT2D eigenvalue weighted by molar-refractivity contribution is -0.137. The predicted molar refractivity (Wildman–Crippen MR) is 102 cm³/mol. The van der Waals surface area contributed by atoms with Gasteiger partial charge in [0.15, 0.2) is 11.5 Å². The van der Waals surface area contributed by atoms with E-state index in [1.807, 2.05) is 6.92 Å². The highest BCUT2D eigenvalue weighted by Gasteiger charge is 2.30. The number of hydrogen-bond acceptors (Lipinski definition) is 5. The van der Waals surface area contributed by atoms with Gasteiger partial charge in [0.25, 0.3) is 0 Å². The van der Waals surface area contributed by atoms with Crippen LogP contribution in [-0.2, 0) is 11.0 Å². The van der Waals surface area contributed by atoms with Crippen LogP contribution in [0.15, 0.2) is 64.3 Å². The smallest absolute Gasteiger partial charge is 0.416 e. The average Bonchev–Trinajstić information content (AvgIpc) is 3.21. The van der Waals surface area contributed by atoms with Crippen LogP contribution in [0.2, 0.25) is 0 Å². The SMILES string of the molecule is CCCON=C(COc1cccc(C(F)(F)F)c1)c1cc(-c2ccc(F)cc2)no1. The quantitative estimate of drug-likeness (QED) is 0.202. The fraction of sp³-hybridized carbons (Fsp3) is 0.238. The molecule has 0 spiro atoms. The Labute approximate surface area is 169 Å². The zero-order valence-electron chi connectivity index (χ0n) is 15.9. The normalized spacial score (nSPS) is 12.1. The molecule has 5 nitrogen and oxygen atoms in total. The minimum absolute atomic E-state index is 0.0197. The number of aromatic nitrogens is 1. The highest BCUT2D eigenvalue weighted by atomic mass is 19.4. The fourth-order valence-corrected chi connectivity index (χ4v) is 2.44. The Morgan fingerprint density at radius 3 is 2.57 bits per heavy atom. The standard InChI is InChI=1S/C21H18F4N2O3/c1-2-10-29-26-19(13-28-17-5-3-4-15(11-17)21(23,24)25)20-12-18(27-30-20)14-6-8-16(22)9-7-14/h3-9,11-12H,2,10,13H2,1H3. The second-order valence-corrected chi connectivity index (χ2v) is 6.27. The van der Waals surface area contributed by atoms with Crippen molar-refractivity contribution in [2.75, 3.05) is 13.2 Å². The molecule has 2 aromatic carbocycles. The molecule has 30 heavy (non-hydrogen) atoms. The highest BCUT2D eigenvalue weighted by molar-refractivity contribution is 5.99. The van der Waals surface area contributed by atoms with E-state index in [1.54, 1.807) is 18.2 Å². The summed E-state index contributed by atoms with van der Waals surface area (Å²) < 4.78 is 62.5. The molecule has 3 aromatic rings. The molecular weight excluding hydrogens is 404 g/mol. The monoisotopic (exact) mass is 422 g/mol. The fourth-order valence-electron chi connectivity index (χ4n) is 2.44. The summed E-state index contributed by atoms with van der Waals surface area (Å²) in [6.07, 6.45) is -3.77. The van der Waals surface area contributed by atoms with Crippen LogP contribution in [0.4, 0.5) is 17.6 Å². The first-order valence-corrected chi connectivity index (χ1v) is 9.08. The Kier molecular flexibility index (Phi) is 6.71.